The number of nitrogens with zero attached hydrogens (tertiary/aromatic N) is 1. The number of hydrogen-bond acceptors (Lipinski definition) is 5. The number of carbonyl (C=O) groups is 3. The van der Waals surface area contributed by atoms with E-state index in [4.69, 9.17) is 9.47 Å². The average molecular weight is 343 g/mol. The quantitative estimate of drug-likeness (QED) is 0.788. The molecule has 0 saturated carbocycles. The molecule has 1 unspecified atom stereocenters. The minimum atomic E-state index is -0.917. The Kier molecular flexibility index (Phi) is 4.37. The molecule has 0 N–H and O–H groups in total. The van der Waals surface area contributed by atoms with Crippen LogP contribution < -0.4 is 0 Å². The van der Waals surface area contributed by atoms with Crippen LogP contribution in [0.5, 0.6) is 0 Å². The predicted molar refractivity (Wildman–Crippen MR) is 90.0 cm³/mol. The summed E-state index contributed by atoms with van der Waals surface area (Å²) in [5.41, 5.74) is 1.28. The Labute approximate surface area is 146 Å². The highest BCUT2D eigenvalue weighted by Crippen LogP contribution is 2.35. The van der Waals surface area contributed by atoms with Gasteiger partial charge >= 0.3 is 11.9 Å². The van der Waals surface area contributed by atoms with Crippen molar-refractivity contribution in [3.05, 3.63) is 41.6 Å². The van der Waals surface area contributed by atoms with E-state index in [0.29, 0.717) is 0 Å². The first-order valence-corrected chi connectivity index (χ1v) is 8.22. The van der Waals surface area contributed by atoms with Crippen LogP contribution in [0.1, 0.15) is 44.4 Å². The molecule has 3 rings (SSSR count). The van der Waals surface area contributed by atoms with Crippen molar-refractivity contribution < 1.29 is 23.9 Å². The fraction of sp³-hybridized carbons (Fsp3) is 0.421. The van der Waals surface area contributed by atoms with Crippen LogP contribution in [0.2, 0.25) is 0 Å². The van der Waals surface area contributed by atoms with Crippen molar-refractivity contribution >= 4 is 23.9 Å². The van der Waals surface area contributed by atoms with Crippen molar-refractivity contribution in [1.29, 1.82) is 0 Å². The third-order valence-corrected chi connectivity index (χ3v) is 4.59. The number of carbonyl (C=O) groups excluding carboxylic acids is 3. The van der Waals surface area contributed by atoms with E-state index in [1.54, 1.807) is 6.20 Å². The number of ether oxygens (including phenoxy) is 2. The number of rotatable bonds is 3. The summed E-state index contributed by atoms with van der Waals surface area (Å²) in [6.45, 7) is 5.30. The summed E-state index contributed by atoms with van der Waals surface area (Å²) in [6.07, 6.45) is 2.58. The van der Waals surface area contributed by atoms with Crippen molar-refractivity contribution in [2.45, 2.75) is 39.3 Å². The standard InChI is InChI=1S/C19H21NO5/c1-12(21)20-9-8-13-6-4-5-7-14(13)15(20)10-16(22)25-17-18(23)24-11-19(17,2)3/h4-9,15,17H,10-11H2,1-3H3/t15?,17-/m0/s1. The van der Waals surface area contributed by atoms with E-state index in [1.165, 1.54) is 11.8 Å². The first kappa shape index (κ1) is 17.2. The van der Waals surface area contributed by atoms with Gasteiger partial charge in [0.2, 0.25) is 12.0 Å². The molecule has 0 spiro atoms. The van der Waals surface area contributed by atoms with Crippen LogP contribution in [0.15, 0.2) is 30.5 Å². The molecule has 0 bridgehead atoms. The molecule has 1 saturated heterocycles. The maximum absolute atomic E-state index is 12.5. The number of fused-ring (bicyclic) bond motifs is 1. The van der Waals surface area contributed by atoms with Gasteiger partial charge in [-0.05, 0) is 17.2 Å². The van der Waals surface area contributed by atoms with E-state index in [9.17, 15) is 14.4 Å². The predicted octanol–water partition coefficient (Wildman–Crippen LogP) is 2.45. The molecule has 2 heterocycles. The Morgan fingerprint density at radius 2 is 2.04 bits per heavy atom. The molecule has 6 heteroatoms. The number of esters is 2. The van der Waals surface area contributed by atoms with E-state index in [1.807, 2.05) is 44.2 Å². The van der Waals surface area contributed by atoms with Gasteiger partial charge in [0.05, 0.1) is 12.5 Å². The number of hydrogen-bond donors (Lipinski definition) is 0. The van der Waals surface area contributed by atoms with Crippen LogP contribution in [0.3, 0.4) is 0 Å². The molecule has 6 nitrogen and oxygen atoms in total. The van der Waals surface area contributed by atoms with Gasteiger partial charge in [-0.2, -0.15) is 0 Å². The smallest absolute Gasteiger partial charge is 0.348 e. The first-order valence-electron chi connectivity index (χ1n) is 8.22. The van der Waals surface area contributed by atoms with Gasteiger partial charge in [0, 0.05) is 18.5 Å². The summed E-state index contributed by atoms with van der Waals surface area (Å²) in [4.78, 5) is 37.8. The summed E-state index contributed by atoms with van der Waals surface area (Å²) < 4.78 is 10.4. The SMILES string of the molecule is CC(=O)N1C=Cc2ccccc2C1CC(=O)O[C@H]1C(=O)OCC1(C)C. The molecular weight excluding hydrogens is 322 g/mol. The van der Waals surface area contributed by atoms with Crippen LogP contribution >= 0.6 is 0 Å². The van der Waals surface area contributed by atoms with Gasteiger partial charge in [-0.3, -0.25) is 9.59 Å². The highest BCUT2D eigenvalue weighted by atomic mass is 16.6. The van der Waals surface area contributed by atoms with Crippen molar-refractivity contribution in [2.75, 3.05) is 6.61 Å². The van der Waals surface area contributed by atoms with Gasteiger partial charge in [0.15, 0.2) is 0 Å². The number of amides is 1. The fourth-order valence-electron chi connectivity index (χ4n) is 3.19. The Hall–Kier alpha value is -2.63. The van der Waals surface area contributed by atoms with Gasteiger partial charge < -0.3 is 14.4 Å². The monoisotopic (exact) mass is 343 g/mol. The molecule has 1 aromatic carbocycles. The van der Waals surface area contributed by atoms with E-state index in [2.05, 4.69) is 0 Å². The Balaban J connectivity index is 1.80. The van der Waals surface area contributed by atoms with Gasteiger partial charge in [0.25, 0.3) is 0 Å². The summed E-state index contributed by atoms with van der Waals surface area (Å²) in [6, 6.07) is 7.14. The van der Waals surface area contributed by atoms with Crippen LogP contribution in [-0.4, -0.2) is 35.5 Å². The highest BCUT2D eigenvalue weighted by Gasteiger charge is 2.46. The number of benzene rings is 1. The zero-order valence-corrected chi connectivity index (χ0v) is 14.5. The van der Waals surface area contributed by atoms with E-state index < -0.39 is 29.5 Å². The minimum absolute atomic E-state index is 0.0270. The second-order valence-corrected chi connectivity index (χ2v) is 7.06. The second-order valence-electron chi connectivity index (χ2n) is 7.06. The van der Waals surface area contributed by atoms with Crippen molar-refractivity contribution in [3.8, 4) is 0 Å². The molecule has 2 aliphatic heterocycles. The van der Waals surface area contributed by atoms with E-state index in [0.717, 1.165) is 11.1 Å². The summed E-state index contributed by atoms with van der Waals surface area (Å²) in [5, 5.41) is 0. The van der Waals surface area contributed by atoms with Gasteiger partial charge in [-0.15, -0.1) is 0 Å². The molecule has 2 atom stereocenters. The fourth-order valence-corrected chi connectivity index (χ4v) is 3.19. The maximum Gasteiger partial charge on any atom is 0.348 e. The van der Waals surface area contributed by atoms with Gasteiger partial charge in [-0.25, -0.2) is 4.79 Å². The lowest BCUT2D eigenvalue weighted by Crippen LogP contribution is -2.37. The summed E-state index contributed by atoms with van der Waals surface area (Å²) >= 11 is 0. The third kappa shape index (κ3) is 3.29. The zero-order valence-electron chi connectivity index (χ0n) is 14.5. The Bertz CT molecular complexity index is 752. The van der Waals surface area contributed by atoms with E-state index >= 15 is 0 Å². The van der Waals surface area contributed by atoms with Crippen LogP contribution in [0.25, 0.3) is 6.08 Å². The second kappa shape index (κ2) is 6.35. The third-order valence-electron chi connectivity index (χ3n) is 4.59. The molecule has 132 valence electrons. The Morgan fingerprint density at radius 3 is 2.68 bits per heavy atom. The molecule has 0 radical (unpaired) electrons. The molecule has 0 aromatic heterocycles. The molecule has 2 aliphatic rings. The topological polar surface area (TPSA) is 72.9 Å². The first-order chi connectivity index (χ1) is 11.8. The van der Waals surface area contributed by atoms with Gasteiger partial charge in [-0.1, -0.05) is 38.1 Å². The average Bonchev–Trinajstić information content (AvgIpc) is 2.81. The molecular formula is C19H21NO5. The molecule has 0 aliphatic carbocycles. The maximum atomic E-state index is 12.5. The molecule has 1 amide bonds. The highest BCUT2D eigenvalue weighted by molar-refractivity contribution is 5.83. The van der Waals surface area contributed by atoms with Crippen molar-refractivity contribution in [2.24, 2.45) is 5.41 Å². The van der Waals surface area contributed by atoms with Crippen molar-refractivity contribution in [1.82, 2.24) is 4.90 Å². The molecule has 1 aromatic rings. The molecule has 1 fully saturated rings. The number of cyclic esters (lactones) is 1. The molecule has 25 heavy (non-hydrogen) atoms. The zero-order chi connectivity index (χ0) is 18.2. The largest absolute Gasteiger partial charge is 0.462 e. The minimum Gasteiger partial charge on any atom is -0.462 e. The van der Waals surface area contributed by atoms with Gasteiger partial charge in [0.1, 0.15) is 6.61 Å². The van der Waals surface area contributed by atoms with E-state index in [-0.39, 0.29) is 18.9 Å². The lowest BCUT2D eigenvalue weighted by Gasteiger charge is -2.32. The van der Waals surface area contributed by atoms with Crippen LogP contribution in [-0.2, 0) is 23.9 Å². The lowest BCUT2D eigenvalue weighted by molar-refractivity contribution is -0.164. The summed E-state index contributed by atoms with van der Waals surface area (Å²) in [5.74, 6) is -1.21. The lowest BCUT2D eigenvalue weighted by atomic mass is 9.89. The van der Waals surface area contributed by atoms with Crippen LogP contribution in [0, 0.1) is 5.41 Å². The summed E-state index contributed by atoms with van der Waals surface area (Å²) in [7, 11) is 0. The normalized spacial score (nSPS) is 23.8. The van der Waals surface area contributed by atoms with Crippen LogP contribution in [0.4, 0.5) is 0 Å². The van der Waals surface area contributed by atoms with Crippen molar-refractivity contribution in [3.63, 3.8) is 0 Å². The Morgan fingerprint density at radius 1 is 1.32 bits per heavy atom.